The Labute approximate surface area is 95.3 Å². The van der Waals surface area contributed by atoms with Gasteiger partial charge in [0.15, 0.2) is 5.82 Å². The second-order valence-electron chi connectivity index (χ2n) is 3.37. The average molecular weight is 229 g/mol. The van der Waals surface area contributed by atoms with Crippen molar-refractivity contribution in [2.75, 3.05) is 33.5 Å². The lowest BCUT2D eigenvalue weighted by Crippen LogP contribution is -2.19. The first kappa shape index (κ1) is 13.1. The maximum absolute atomic E-state index is 5.37. The third-order valence-electron chi connectivity index (χ3n) is 1.91. The summed E-state index contributed by atoms with van der Waals surface area (Å²) < 4.78 is 15.2. The molecule has 0 amide bonds. The third-order valence-corrected chi connectivity index (χ3v) is 1.91. The number of nitrogens with one attached hydrogen (secondary N) is 1. The molecule has 6 heteroatoms. The Morgan fingerprint density at radius 3 is 2.88 bits per heavy atom. The summed E-state index contributed by atoms with van der Waals surface area (Å²) in [5.41, 5.74) is 0. The minimum absolute atomic E-state index is 0.586. The molecule has 1 heterocycles. The summed E-state index contributed by atoms with van der Waals surface area (Å²) in [6, 6.07) is 0. The molecular formula is C10H19N3O3. The largest absolute Gasteiger partial charge is 0.385 e. The van der Waals surface area contributed by atoms with E-state index in [2.05, 4.69) is 15.5 Å². The smallest absolute Gasteiger partial charge is 0.240 e. The Balaban J connectivity index is 1.88. The second-order valence-corrected chi connectivity index (χ2v) is 3.37. The fourth-order valence-corrected chi connectivity index (χ4v) is 1.16. The number of nitrogens with zero attached hydrogens (tertiary/aromatic N) is 2. The van der Waals surface area contributed by atoms with Crippen molar-refractivity contribution in [3.8, 4) is 0 Å². The van der Waals surface area contributed by atoms with Gasteiger partial charge in [-0.1, -0.05) is 5.16 Å². The molecular weight excluding hydrogens is 210 g/mol. The predicted molar refractivity (Wildman–Crippen MR) is 58.1 cm³/mol. The monoisotopic (exact) mass is 229 g/mol. The normalized spacial score (nSPS) is 10.9. The van der Waals surface area contributed by atoms with Crippen LogP contribution in [0.4, 0.5) is 0 Å². The number of aromatic nitrogens is 2. The summed E-state index contributed by atoms with van der Waals surface area (Å²) in [6.45, 7) is 5.31. The molecule has 92 valence electrons. The third kappa shape index (κ3) is 5.79. The van der Waals surface area contributed by atoms with Crippen LogP contribution in [-0.4, -0.2) is 43.6 Å². The van der Waals surface area contributed by atoms with Gasteiger partial charge in [0.1, 0.15) is 0 Å². The molecule has 0 spiro atoms. The summed E-state index contributed by atoms with van der Waals surface area (Å²) in [6.07, 6.45) is 0.930. The highest BCUT2D eigenvalue weighted by molar-refractivity contribution is 4.81. The van der Waals surface area contributed by atoms with Crippen molar-refractivity contribution in [3.63, 3.8) is 0 Å². The van der Waals surface area contributed by atoms with E-state index in [0.717, 1.165) is 26.2 Å². The number of aryl methyl sites for hydroxylation is 1. The van der Waals surface area contributed by atoms with E-state index < -0.39 is 0 Å². The van der Waals surface area contributed by atoms with E-state index in [1.165, 1.54) is 0 Å². The highest BCUT2D eigenvalue weighted by atomic mass is 16.5. The van der Waals surface area contributed by atoms with Crippen LogP contribution in [0.2, 0.25) is 0 Å². The molecule has 0 atom stereocenters. The van der Waals surface area contributed by atoms with E-state index in [-0.39, 0.29) is 0 Å². The molecule has 0 saturated heterocycles. The van der Waals surface area contributed by atoms with Gasteiger partial charge >= 0.3 is 0 Å². The lowest BCUT2D eigenvalue weighted by Gasteiger charge is -2.03. The van der Waals surface area contributed by atoms with Gasteiger partial charge in [-0.2, -0.15) is 4.98 Å². The van der Waals surface area contributed by atoms with Crippen LogP contribution in [0.15, 0.2) is 4.52 Å². The van der Waals surface area contributed by atoms with Gasteiger partial charge in [0.05, 0.1) is 13.2 Å². The average Bonchev–Trinajstić information content (AvgIpc) is 2.68. The first-order chi connectivity index (χ1) is 7.83. The molecule has 1 N–H and O–H groups in total. The lowest BCUT2D eigenvalue weighted by atomic mass is 10.5. The van der Waals surface area contributed by atoms with E-state index in [1.807, 2.05) is 0 Å². The van der Waals surface area contributed by atoms with E-state index in [9.17, 15) is 0 Å². The summed E-state index contributed by atoms with van der Waals surface area (Å²) >= 11 is 0. The van der Waals surface area contributed by atoms with E-state index >= 15 is 0 Å². The van der Waals surface area contributed by atoms with Gasteiger partial charge in [0.2, 0.25) is 5.89 Å². The second kappa shape index (κ2) is 8.20. The van der Waals surface area contributed by atoms with Gasteiger partial charge in [0.25, 0.3) is 0 Å². The first-order valence-electron chi connectivity index (χ1n) is 5.39. The van der Waals surface area contributed by atoms with Crippen molar-refractivity contribution in [1.29, 1.82) is 0 Å². The maximum Gasteiger partial charge on any atom is 0.240 e. The van der Waals surface area contributed by atoms with Crippen molar-refractivity contribution in [3.05, 3.63) is 11.7 Å². The molecule has 0 fully saturated rings. The number of methoxy groups -OCH3 is 1. The highest BCUT2D eigenvalue weighted by Crippen LogP contribution is 1.93. The topological polar surface area (TPSA) is 69.4 Å². The molecule has 6 nitrogen and oxygen atoms in total. The van der Waals surface area contributed by atoms with Crippen LogP contribution < -0.4 is 5.32 Å². The van der Waals surface area contributed by atoms with Crippen LogP contribution in [0.25, 0.3) is 0 Å². The first-order valence-corrected chi connectivity index (χ1v) is 5.39. The lowest BCUT2D eigenvalue weighted by molar-refractivity contribution is 0.104. The summed E-state index contributed by atoms with van der Waals surface area (Å²) in [5.74, 6) is 1.27. The molecule has 0 aliphatic carbocycles. The Morgan fingerprint density at radius 2 is 2.19 bits per heavy atom. The number of hydrogen-bond acceptors (Lipinski definition) is 6. The standard InChI is InChI=1S/C10H19N3O3/c1-9-12-10(16-13-9)8-11-4-7-15-6-3-5-14-2/h11H,3-8H2,1-2H3. The summed E-state index contributed by atoms with van der Waals surface area (Å²) in [5, 5.41) is 6.85. The molecule has 1 aromatic heterocycles. The minimum Gasteiger partial charge on any atom is -0.385 e. The fourth-order valence-electron chi connectivity index (χ4n) is 1.16. The van der Waals surface area contributed by atoms with Crippen LogP contribution in [0.3, 0.4) is 0 Å². The van der Waals surface area contributed by atoms with Gasteiger partial charge in [-0.05, 0) is 13.3 Å². The van der Waals surface area contributed by atoms with Crippen molar-refractivity contribution < 1.29 is 14.0 Å². The molecule has 0 unspecified atom stereocenters. The van der Waals surface area contributed by atoms with Crippen LogP contribution in [0, 0.1) is 6.92 Å². The van der Waals surface area contributed by atoms with Crippen molar-refractivity contribution in [1.82, 2.24) is 15.5 Å². The van der Waals surface area contributed by atoms with E-state index in [0.29, 0.717) is 24.9 Å². The Hall–Kier alpha value is -0.980. The molecule has 0 bridgehead atoms. The Morgan fingerprint density at radius 1 is 1.31 bits per heavy atom. The molecule has 0 aliphatic heterocycles. The van der Waals surface area contributed by atoms with Gasteiger partial charge in [-0.3, -0.25) is 0 Å². The summed E-state index contributed by atoms with van der Waals surface area (Å²) in [7, 11) is 1.69. The quantitative estimate of drug-likeness (QED) is 0.623. The zero-order chi connectivity index (χ0) is 11.6. The number of rotatable bonds is 9. The van der Waals surface area contributed by atoms with Crippen LogP contribution in [0.1, 0.15) is 18.1 Å². The number of ether oxygens (including phenoxy) is 2. The predicted octanol–water partition coefficient (Wildman–Crippen LogP) is 0.521. The summed E-state index contributed by atoms with van der Waals surface area (Å²) in [4.78, 5) is 4.07. The molecule has 0 saturated carbocycles. The van der Waals surface area contributed by atoms with Gasteiger partial charge < -0.3 is 19.3 Å². The Bertz CT molecular complexity index is 278. The van der Waals surface area contributed by atoms with E-state index in [1.54, 1.807) is 14.0 Å². The minimum atomic E-state index is 0.586. The number of hydrogen-bond donors (Lipinski definition) is 1. The molecule has 0 aliphatic rings. The molecule has 1 rings (SSSR count). The van der Waals surface area contributed by atoms with Crippen molar-refractivity contribution in [2.24, 2.45) is 0 Å². The zero-order valence-corrected chi connectivity index (χ0v) is 9.86. The highest BCUT2D eigenvalue weighted by Gasteiger charge is 2.00. The van der Waals surface area contributed by atoms with Crippen molar-refractivity contribution in [2.45, 2.75) is 19.9 Å². The van der Waals surface area contributed by atoms with Crippen LogP contribution in [-0.2, 0) is 16.0 Å². The van der Waals surface area contributed by atoms with Gasteiger partial charge in [0, 0.05) is 26.9 Å². The Kier molecular flexibility index (Phi) is 6.71. The zero-order valence-electron chi connectivity index (χ0n) is 9.86. The SMILES string of the molecule is COCCCOCCNCc1nc(C)no1. The molecule has 0 aromatic carbocycles. The fraction of sp³-hybridized carbons (Fsp3) is 0.800. The van der Waals surface area contributed by atoms with Crippen molar-refractivity contribution >= 4 is 0 Å². The van der Waals surface area contributed by atoms with Gasteiger partial charge in [-0.25, -0.2) is 0 Å². The van der Waals surface area contributed by atoms with Crippen LogP contribution >= 0.6 is 0 Å². The molecule has 16 heavy (non-hydrogen) atoms. The maximum atomic E-state index is 5.37. The molecule has 0 radical (unpaired) electrons. The van der Waals surface area contributed by atoms with E-state index in [4.69, 9.17) is 14.0 Å². The molecule has 1 aromatic rings. The van der Waals surface area contributed by atoms with Gasteiger partial charge in [-0.15, -0.1) is 0 Å². The van der Waals surface area contributed by atoms with Crippen LogP contribution in [0.5, 0.6) is 0 Å².